The van der Waals surface area contributed by atoms with Gasteiger partial charge in [-0.3, -0.25) is 0 Å². The summed E-state index contributed by atoms with van der Waals surface area (Å²) in [5.74, 6) is 0. The first-order valence-corrected chi connectivity index (χ1v) is 21.4. The minimum atomic E-state index is 0.0614. The van der Waals surface area contributed by atoms with E-state index in [-0.39, 0.29) is 6.71 Å². The van der Waals surface area contributed by atoms with Crippen LogP contribution >= 0.6 is 11.8 Å². The fourth-order valence-corrected chi connectivity index (χ4v) is 11.2. The van der Waals surface area contributed by atoms with Crippen LogP contribution in [0.25, 0.3) is 27.5 Å². The van der Waals surface area contributed by atoms with E-state index in [4.69, 9.17) is 0 Å². The number of fused-ring (bicyclic) bond motifs is 9. The summed E-state index contributed by atoms with van der Waals surface area (Å²) in [7, 11) is 0. The van der Waals surface area contributed by atoms with Gasteiger partial charge in [0.2, 0.25) is 0 Å². The van der Waals surface area contributed by atoms with E-state index < -0.39 is 0 Å². The highest BCUT2D eigenvalue weighted by Gasteiger charge is 2.42. The van der Waals surface area contributed by atoms with E-state index in [2.05, 4.69) is 232 Å². The topological polar surface area (TPSA) is 14.7 Å². The Morgan fingerprint density at radius 3 is 1.75 bits per heavy atom. The maximum absolute atomic E-state index is 2.55. The lowest BCUT2D eigenvalue weighted by molar-refractivity contribution is 1.15. The van der Waals surface area contributed by atoms with E-state index in [1.54, 1.807) is 0 Å². The van der Waals surface area contributed by atoms with Crippen LogP contribution in [0.2, 0.25) is 0 Å². The molecule has 4 nitrogen and oxygen atoms in total. The molecule has 0 bridgehead atoms. The minimum absolute atomic E-state index is 0.0614. The summed E-state index contributed by atoms with van der Waals surface area (Å²) in [6.45, 7) is 0.0614. The summed E-state index contributed by atoms with van der Waals surface area (Å²) in [5.41, 5.74) is 18.0. The van der Waals surface area contributed by atoms with E-state index in [0.717, 1.165) is 28.4 Å². The summed E-state index contributed by atoms with van der Waals surface area (Å²) < 4.78 is 2.55. The molecule has 0 saturated heterocycles. The van der Waals surface area contributed by atoms with Crippen LogP contribution in [-0.2, 0) is 0 Å². The fourth-order valence-electron chi connectivity index (χ4n) is 10.1. The van der Waals surface area contributed by atoms with Crippen LogP contribution < -0.4 is 31.1 Å². The Labute approximate surface area is 353 Å². The standard InChI is InChI=1S/C54H35BN4S/c1-3-17-36(18-4-1)56(38-21-15-22-39(33-38)58-47-29-11-13-31-51(47)60-52-32-14-12-30-48(52)58)40-34-49-53-50(35-40)59-45-27-9-7-23-41(45)42-24-16-26-44(54(42)59)55(53)43-25-8-10-28-46(43)57(49)37-19-5-2-6-20-37/h1-35H. The maximum Gasteiger partial charge on any atom is 0.252 e. The number of aromatic nitrogens is 1. The first kappa shape index (κ1) is 33.6. The van der Waals surface area contributed by atoms with Gasteiger partial charge < -0.3 is 19.3 Å². The van der Waals surface area contributed by atoms with E-state index in [1.807, 2.05) is 11.8 Å². The molecule has 60 heavy (non-hydrogen) atoms. The molecule has 0 unspecified atom stereocenters. The van der Waals surface area contributed by atoms with E-state index in [1.165, 1.54) is 76.4 Å². The van der Waals surface area contributed by atoms with Gasteiger partial charge in [0.05, 0.1) is 22.6 Å². The number of para-hydroxylation sites is 7. The Kier molecular flexibility index (Phi) is 7.30. The van der Waals surface area contributed by atoms with Gasteiger partial charge in [-0.1, -0.05) is 133 Å². The summed E-state index contributed by atoms with van der Waals surface area (Å²) in [5, 5.41) is 2.56. The largest absolute Gasteiger partial charge is 0.311 e. The third-order valence-corrected chi connectivity index (χ3v) is 13.6. The number of hydrogen-bond acceptors (Lipinski definition) is 4. The van der Waals surface area contributed by atoms with Crippen molar-refractivity contribution in [3.63, 3.8) is 0 Å². The zero-order valence-electron chi connectivity index (χ0n) is 32.5. The van der Waals surface area contributed by atoms with Gasteiger partial charge in [-0.05, 0) is 107 Å². The molecule has 0 radical (unpaired) electrons. The van der Waals surface area contributed by atoms with Gasteiger partial charge in [0.25, 0.3) is 6.71 Å². The van der Waals surface area contributed by atoms with Crippen molar-refractivity contribution in [1.29, 1.82) is 0 Å². The summed E-state index contributed by atoms with van der Waals surface area (Å²) >= 11 is 1.84. The molecule has 0 saturated carbocycles. The van der Waals surface area contributed by atoms with E-state index in [0.29, 0.717) is 0 Å². The molecule has 0 N–H and O–H groups in total. The second-order valence-corrected chi connectivity index (χ2v) is 16.8. The van der Waals surface area contributed by atoms with Crippen LogP contribution in [0.15, 0.2) is 222 Å². The zero-order chi connectivity index (χ0) is 39.3. The molecule has 0 amide bonds. The van der Waals surface area contributed by atoms with Gasteiger partial charge in [0, 0.05) is 65.9 Å². The normalized spacial score (nSPS) is 13.2. The van der Waals surface area contributed by atoms with Crippen molar-refractivity contribution < 1.29 is 0 Å². The number of nitrogens with zero attached hydrogens (tertiary/aromatic N) is 4. The number of anilines is 9. The van der Waals surface area contributed by atoms with Crippen LogP contribution in [0.3, 0.4) is 0 Å². The molecule has 0 aliphatic carbocycles. The second-order valence-electron chi connectivity index (χ2n) is 15.7. The fraction of sp³-hybridized carbons (Fsp3) is 0. The molecule has 0 spiro atoms. The highest BCUT2D eigenvalue weighted by molar-refractivity contribution is 7.99. The van der Waals surface area contributed by atoms with Crippen molar-refractivity contribution in [1.82, 2.24) is 4.57 Å². The van der Waals surface area contributed by atoms with Gasteiger partial charge >= 0.3 is 0 Å². The zero-order valence-corrected chi connectivity index (χ0v) is 33.3. The summed E-state index contributed by atoms with van der Waals surface area (Å²) in [4.78, 5) is 9.85. The Hall–Kier alpha value is -7.41. The van der Waals surface area contributed by atoms with Crippen molar-refractivity contribution in [2.75, 3.05) is 14.7 Å². The molecule has 3 aliphatic heterocycles. The average molecular weight is 783 g/mol. The predicted molar refractivity (Wildman–Crippen MR) is 254 cm³/mol. The lowest BCUT2D eigenvalue weighted by Crippen LogP contribution is -2.60. The summed E-state index contributed by atoms with van der Waals surface area (Å²) in [6.07, 6.45) is 0. The lowest BCUT2D eigenvalue weighted by atomic mass is 9.34. The van der Waals surface area contributed by atoms with Gasteiger partial charge in [0.1, 0.15) is 0 Å². The molecule has 6 heteroatoms. The number of benzene rings is 9. The molecule has 13 rings (SSSR count). The first-order chi connectivity index (χ1) is 29.8. The Bertz CT molecular complexity index is 3300. The Morgan fingerprint density at radius 2 is 0.950 bits per heavy atom. The van der Waals surface area contributed by atoms with Gasteiger partial charge in [-0.15, -0.1) is 0 Å². The number of rotatable bonds is 5. The SMILES string of the molecule is c1ccc(N(c2cccc(N3c4ccccc4Sc4ccccc43)c2)c2cc3c4c(c2)-n2c5ccccc5c5cccc(c52)B4c2ccccc2N3c2ccccc2)cc1. The molecule has 0 atom stereocenters. The molecule has 1 aromatic heterocycles. The third-order valence-electron chi connectivity index (χ3n) is 12.5. The molecule has 4 heterocycles. The third kappa shape index (κ3) is 4.83. The quantitative estimate of drug-likeness (QED) is 0.161. The number of hydrogen-bond donors (Lipinski definition) is 0. The molecule has 0 fully saturated rings. The Morgan fingerprint density at radius 1 is 0.383 bits per heavy atom. The highest BCUT2D eigenvalue weighted by atomic mass is 32.2. The maximum atomic E-state index is 2.55. The van der Waals surface area contributed by atoms with Gasteiger partial charge in [-0.25, -0.2) is 0 Å². The smallest absolute Gasteiger partial charge is 0.252 e. The molecule has 9 aromatic carbocycles. The molecular formula is C54H35BN4S. The van der Waals surface area contributed by atoms with Crippen molar-refractivity contribution in [2.45, 2.75) is 9.79 Å². The van der Waals surface area contributed by atoms with Crippen LogP contribution in [-0.4, -0.2) is 11.3 Å². The van der Waals surface area contributed by atoms with Crippen molar-refractivity contribution in [3.8, 4) is 5.69 Å². The monoisotopic (exact) mass is 782 g/mol. The van der Waals surface area contributed by atoms with Gasteiger partial charge in [0.15, 0.2) is 0 Å². The average Bonchev–Trinajstić information content (AvgIpc) is 3.65. The first-order valence-electron chi connectivity index (χ1n) is 20.6. The van der Waals surface area contributed by atoms with Crippen LogP contribution in [0, 0.1) is 0 Å². The summed E-state index contributed by atoms with van der Waals surface area (Å²) in [6, 6.07) is 78.0. The van der Waals surface area contributed by atoms with Crippen LogP contribution in [0.5, 0.6) is 0 Å². The van der Waals surface area contributed by atoms with Crippen molar-refractivity contribution in [2.24, 2.45) is 0 Å². The molecule has 3 aliphatic rings. The Balaban J connectivity index is 1.11. The van der Waals surface area contributed by atoms with E-state index >= 15 is 0 Å². The molecule has 10 aromatic rings. The van der Waals surface area contributed by atoms with Crippen molar-refractivity contribution >= 4 is 108 Å². The van der Waals surface area contributed by atoms with Crippen molar-refractivity contribution in [3.05, 3.63) is 212 Å². The molecule has 280 valence electrons. The highest BCUT2D eigenvalue weighted by Crippen LogP contribution is 2.52. The second kappa shape index (κ2) is 13.1. The minimum Gasteiger partial charge on any atom is -0.311 e. The predicted octanol–water partition coefficient (Wildman–Crippen LogP) is 12.8. The van der Waals surface area contributed by atoms with Crippen LogP contribution in [0.1, 0.15) is 0 Å². The lowest BCUT2D eigenvalue weighted by Gasteiger charge is -2.41. The van der Waals surface area contributed by atoms with E-state index in [9.17, 15) is 0 Å². The van der Waals surface area contributed by atoms with Gasteiger partial charge in [-0.2, -0.15) is 0 Å². The molecular weight excluding hydrogens is 748 g/mol. The van der Waals surface area contributed by atoms with Crippen LogP contribution in [0.4, 0.5) is 51.2 Å².